The van der Waals surface area contributed by atoms with Gasteiger partial charge in [0.15, 0.2) is 0 Å². The normalized spacial score (nSPS) is 18.6. The molecule has 0 spiro atoms. The van der Waals surface area contributed by atoms with E-state index in [-0.39, 0.29) is 6.54 Å². The summed E-state index contributed by atoms with van der Waals surface area (Å²) in [5.74, 6) is -1.44. The Kier molecular flexibility index (Phi) is 8.93. The molecule has 2 saturated heterocycles. The molecule has 2 aliphatic heterocycles. The lowest BCUT2D eigenvalue weighted by Gasteiger charge is -2.37. The van der Waals surface area contributed by atoms with Crippen LogP contribution in [0, 0.1) is 0 Å². The van der Waals surface area contributed by atoms with Gasteiger partial charge in [0, 0.05) is 67.8 Å². The van der Waals surface area contributed by atoms with Gasteiger partial charge in [0.05, 0.1) is 18.7 Å². The zero-order valence-corrected chi connectivity index (χ0v) is 23.5. The second kappa shape index (κ2) is 12.5. The van der Waals surface area contributed by atoms with E-state index in [1.807, 2.05) is 41.3 Å². The van der Waals surface area contributed by atoms with Crippen LogP contribution in [0.3, 0.4) is 0 Å². The predicted molar refractivity (Wildman–Crippen MR) is 151 cm³/mol. The maximum Gasteiger partial charge on any atom is 0.390 e. The SMILES string of the molecule is O=C(O)c1cnn(C2CCCN(c3cc(Cl)ccc3-c3ccc(N4CCN(CCC(F)(F)F)CC4)cc3)C2)c1C(F)F. The van der Waals surface area contributed by atoms with Gasteiger partial charge in [-0.25, -0.2) is 13.6 Å². The Balaban J connectivity index is 1.32. The quantitative estimate of drug-likeness (QED) is 0.284. The van der Waals surface area contributed by atoms with Gasteiger partial charge in [-0.05, 0) is 42.7 Å². The first-order valence-corrected chi connectivity index (χ1v) is 14.2. The van der Waals surface area contributed by atoms with Crippen molar-refractivity contribution in [1.82, 2.24) is 14.7 Å². The van der Waals surface area contributed by atoms with E-state index in [0.29, 0.717) is 57.1 Å². The summed E-state index contributed by atoms with van der Waals surface area (Å²) in [6, 6.07) is 13.1. The lowest BCUT2D eigenvalue weighted by Crippen LogP contribution is -2.47. The summed E-state index contributed by atoms with van der Waals surface area (Å²) < 4.78 is 66.6. The highest BCUT2D eigenvalue weighted by atomic mass is 35.5. The van der Waals surface area contributed by atoms with E-state index >= 15 is 0 Å². The van der Waals surface area contributed by atoms with Crippen molar-refractivity contribution >= 4 is 28.9 Å². The van der Waals surface area contributed by atoms with E-state index in [4.69, 9.17) is 11.6 Å². The van der Waals surface area contributed by atoms with Crippen molar-refractivity contribution in [1.29, 1.82) is 0 Å². The van der Waals surface area contributed by atoms with Crippen molar-refractivity contribution in [2.75, 3.05) is 55.6 Å². The summed E-state index contributed by atoms with van der Waals surface area (Å²) in [7, 11) is 0. The van der Waals surface area contributed by atoms with E-state index in [2.05, 4.69) is 14.9 Å². The number of alkyl halides is 5. The van der Waals surface area contributed by atoms with Crippen LogP contribution in [0.2, 0.25) is 5.02 Å². The Hall–Kier alpha value is -3.38. The summed E-state index contributed by atoms with van der Waals surface area (Å²) in [6.45, 7) is 3.42. The molecular formula is C29H31ClF5N5O2. The Bertz CT molecular complexity index is 1390. The van der Waals surface area contributed by atoms with Gasteiger partial charge in [0.2, 0.25) is 0 Å². The molecule has 0 radical (unpaired) electrons. The first-order valence-electron chi connectivity index (χ1n) is 13.8. The van der Waals surface area contributed by atoms with Crippen LogP contribution in [0.4, 0.5) is 33.3 Å². The van der Waals surface area contributed by atoms with Gasteiger partial charge in [-0.1, -0.05) is 29.8 Å². The van der Waals surface area contributed by atoms with Crippen LogP contribution in [-0.4, -0.2) is 77.7 Å². The fourth-order valence-electron chi connectivity index (χ4n) is 5.80. The minimum atomic E-state index is -4.15. The Morgan fingerprint density at radius 1 is 1.02 bits per heavy atom. The van der Waals surface area contributed by atoms with Crippen molar-refractivity contribution in [3.63, 3.8) is 0 Å². The van der Waals surface area contributed by atoms with E-state index in [0.717, 1.165) is 33.4 Å². The molecule has 0 bridgehead atoms. The Labute approximate surface area is 245 Å². The van der Waals surface area contributed by atoms with Crippen molar-refractivity contribution < 1.29 is 31.9 Å². The van der Waals surface area contributed by atoms with Gasteiger partial charge in [0.1, 0.15) is 11.3 Å². The van der Waals surface area contributed by atoms with Gasteiger partial charge >= 0.3 is 12.1 Å². The number of rotatable bonds is 8. The zero-order valence-electron chi connectivity index (χ0n) is 22.7. The maximum absolute atomic E-state index is 13.9. The number of piperazine rings is 1. The van der Waals surface area contributed by atoms with Crippen molar-refractivity contribution in [2.24, 2.45) is 0 Å². The molecule has 1 N–H and O–H groups in total. The highest BCUT2D eigenvalue weighted by Crippen LogP contribution is 2.38. The number of halogens is 6. The van der Waals surface area contributed by atoms with Crippen LogP contribution in [0.1, 0.15) is 47.8 Å². The molecule has 5 rings (SSSR count). The molecule has 13 heteroatoms. The van der Waals surface area contributed by atoms with Crippen LogP contribution in [0.25, 0.3) is 11.1 Å². The number of aromatic nitrogens is 2. The van der Waals surface area contributed by atoms with Crippen LogP contribution in [0.15, 0.2) is 48.7 Å². The summed E-state index contributed by atoms with van der Waals surface area (Å²) in [4.78, 5) is 17.6. The second-order valence-electron chi connectivity index (χ2n) is 10.6. The number of hydrogen-bond acceptors (Lipinski definition) is 5. The van der Waals surface area contributed by atoms with Gasteiger partial charge in [0.25, 0.3) is 6.43 Å². The zero-order chi connectivity index (χ0) is 30.0. The van der Waals surface area contributed by atoms with Crippen LogP contribution in [0.5, 0.6) is 0 Å². The molecule has 7 nitrogen and oxygen atoms in total. The lowest BCUT2D eigenvalue weighted by atomic mass is 9.99. The average molecular weight is 612 g/mol. The fraction of sp³-hybridized carbons (Fsp3) is 0.448. The molecule has 0 saturated carbocycles. The van der Waals surface area contributed by atoms with E-state index in [1.165, 1.54) is 0 Å². The van der Waals surface area contributed by atoms with Crippen LogP contribution >= 0.6 is 11.6 Å². The number of piperidine rings is 1. The third-order valence-electron chi connectivity index (χ3n) is 7.94. The van der Waals surface area contributed by atoms with Gasteiger partial charge in [-0.2, -0.15) is 18.3 Å². The van der Waals surface area contributed by atoms with Crippen LogP contribution in [-0.2, 0) is 0 Å². The summed E-state index contributed by atoms with van der Waals surface area (Å²) in [6.07, 6.45) is -5.68. The number of anilines is 2. The Morgan fingerprint density at radius 3 is 2.38 bits per heavy atom. The lowest BCUT2D eigenvalue weighted by molar-refractivity contribution is -0.138. The summed E-state index contributed by atoms with van der Waals surface area (Å²) in [5, 5.41) is 13.9. The first kappa shape index (κ1) is 30.1. The number of aromatic carboxylic acids is 1. The Morgan fingerprint density at radius 2 is 1.74 bits per heavy atom. The van der Waals surface area contributed by atoms with E-state index in [9.17, 15) is 31.9 Å². The first-order chi connectivity index (χ1) is 20.0. The molecule has 0 aliphatic carbocycles. The molecule has 0 amide bonds. The predicted octanol–water partition coefficient (Wildman–Crippen LogP) is 6.76. The molecule has 42 heavy (non-hydrogen) atoms. The average Bonchev–Trinajstić information content (AvgIpc) is 3.43. The van der Waals surface area contributed by atoms with Gasteiger partial charge in [-0.15, -0.1) is 0 Å². The fourth-order valence-corrected chi connectivity index (χ4v) is 5.96. The molecule has 1 unspecified atom stereocenters. The van der Waals surface area contributed by atoms with Crippen molar-refractivity contribution in [3.8, 4) is 11.1 Å². The highest BCUT2D eigenvalue weighted by molar-refractivity contribution is 6.31. The summed E-state index contributed by atoms with van der Waals surface area (Å²) >= 11 is 6.39. The number of benzene rings is 2. The number of nitrogens with zero attached hydrogens (tertiary/aromatic N) is 5. The third kappa shape index (κ3) is 6.81. The minimum absolute atomic E-state index is 0.0115. The smallest absolute Gasteiger partial charge is 0.390 e. The second-order valence-corrected chi connectivity index (χ2v) is 11.1. The maximum atomic E-state index is 13.9. The number of carbonyl (C=O) groups is 1. The number of carboxylic acids is 1. The molecule has 1 atom stereocenters. The van der Waals surface area contributed by atoms with Gasteiger partial charge < -0.3 is 14.9 Å². The summed E-state index contributed by atoms with van der Waals surface area (Å²) in [5.41, 5.74) is 2.57. The number of hydrogen-bond donors (Lipinski definition) is 1. The standard InChI is InChI=1S/C29H31ClF5N5O2/c30-20-5-8-23(19-3-6-21(7-4-19)38-14-12-37(13-15-38)11-9-29(33,34)35)25(16-20)39-10-1-2-22(18-39)40-26(27(31)32)24(17-36-40)28(41)42/h3-8,16-17,22,27H,1-2,9-15,18H2,(H,41,42). The topological polar surface area (TPSA) is 64.8 Å². The molecule has 3 aromatic rings. The molecule has 226 valence electrons. The largest absolute Gasteiger partial charge is 0.478 e. The van der Waals surface area contributed by atoms with E-state index in [1.54, 1.807) is 6.07 Å². The van der Waals surface area contributed by atoms with Crippen molar-refractivity contribution in [2.45, 2.75) is 37.9 Å². The molecule has 2 fully saturated rings. The molecule has 2 aromatic carbocycles. The molecule has 2 aliphatic rings. The minimum Gasteiger partial charge on any atom is -0.478 e. The van der Waals surface area contributed by atoms with E-state index < -0.39 is 42.3 Å². The van der Waals surface area contributed by atoms with Crippen LogP contribution < -0.4 is 9.80 Å². The highest BCUT2D eigenvalue weighted by Gasteiger charge is 2.32. The number of carboxylic acid groups (broad SMARTS) is 1. The van der Waals surface area contributed by atoms with Gasteiger partial charge in [-0.3, -0.25) is 9.58 Å². The molecular weight excluding hydrogens is 581 g/mol. The molecule has 3 heterocycles. The molecule has 1 aromatic heterocycles. The monoisotopic (exact) mass is 611 g/mol. The van der Waals surface area contributed by atoms with Crippen molar-refractivity contribution in [3.05, 3.63) is 64.9 Å². The third-order valence-corrected chi connectivity index (χ3v) is 8.18.